The van der Waals surface area contributed by atoms with Crippen molar-refractivity contribution in [1.82, 2.24) is 19.8 Å². The van der Waals surface area contributed by atoms with Gasteiger partial charge in [0.05, 0.1) is 32.4 Å². The molecule has 20 heteroatoms. The van der Waals surface area contributed by atoms with Gasteiger partial charge in [-0.05, 0) is 156 Å². The molecule has 0 spiro atoms. The zero-order valence-electron chi connectivity index (χ0n) is 43.5. The molecule has 11 rings (SSSR count). The Hall–Kier alpha value is -5.48. The van der Waals surface area contributed by atoms with Crippen LogP contribution in [0, 0.1) is 0 Å². The van der Waals surface area contributed by atoms with Crippen molar-refractivity contribution in [2.24, 2.45) is 10.3 Å². The van der Waals surface area contributed by atoms with E-state index in [1.54, 1.807) is 35.4 Å². The number of fused-ring (bicyclic) bond motifs is 2. The molecule has 3 aliphatic heterocycles. The number of hydrogen-bond acceptors (Lipinski definition) is 12. The highest BCUT2D eigenvalue weighted by molar-refractivity contribution is 9.10. The van der Waals surface area contributed by atoms with Crippen molar-refractivity contribution in [3.05, 3.63) is 135 Å². The maximum atomic E-state index is 12.5. The first-order valence-electron chi connectivity index (χ1n) is 26.1. The number of carbonyl (C=O) groups excluding carboxylic acids is 2. The Bertz CT molecular complexity index is 3220. The van der Waals surface area contributed by atoms with Crippen molar-refractivity contribution in [1.29, 1.82) is 0 Å². The van der Waals surface area contributed by atoms with Crippen LogP contribution in [0.25, 0.3) is 22.3 Å². The van der Waals surface area contributed by atoms with Crippen molar-refractivity contribution in [2.45, 2.75) is 138 Å². The van der Waals surface area contributed by atoms with Gasteiger partial charge >= 0.3 is 19.3 Å². The van der Waals surface area contributed by atoms with E-state index >= 15 is 0 Å². The number of benzene rings is 2. The van der Waals surface area contributed by atoms with Crippen LogP contribution in [0.4, 0.5) is 9.59 Å². The predicted molar refractivity (Wildman–Crippen MR) is 296 cm³/mol. The van der Waals surface area contributed by atoms with Crippen LogP contribution in [-0.2, 0) is 51.7 Å². The van der Waals surface area contributed by atoms with Crippen molar-refractivity contribution >= 4 is 71.9 Å². The van der Waals surface area contributed by atoms with Gasteiger partial charge in [-0.15, -0.1) is 0 Å². The van der Waals surface area contributed by atoms with E-state index < -0.39 is 27.2 Å². The second kappa shape index (κ2) is 22.9. The SMILES string of the molecule is CC1(C)OB(c2cnc3c(c2)C(C2=CCN(C(=O)OC4CCCC4)CC2)=CC3)OC1(C)C.NS(=O)(=O)c1cccc(-c2cnc3c(c2)C(C2=CCN(C(=O)OC4CCCC4)CC2)=CC3)c1.NS(=O)(=O)c1cccc(Br)c1. The molecule has 16 nitrogen and oxygen atoms in total. The molecule has 0 radical (unpaired) electrons. The zero-order valence-corrected chi connectivity index (χ0v) is 46.7. The second-order valence-corrected chi connectivity index (χ2v) is 25.3. The van der Waals surface area contributed by atoms with Crippen LogP contribution in [0.1, 0.15) is 114 Å². The molecule has 2 aromatic heterocycles. The molecule has 5 heterocycles. The van der Waals surface area contributed by atoms with E-state index in [9.17, 15) is 26.4 Å². The van der Waals surface area contributed by atoms with E-state index in [4.69, 9.17) is 34.0 Å². The van der Waals surface area contributed by atoms with Crippen LogP contribution in [0.3, 0.4) is 0 Å². The molecule has 1 saturated heterocycles. The quantitative estimate of drug-likeness (QED) is 0.158. The highest BCUT2D eigenvalue weighted by atomic mass is 79.9. The Labute approximate surface area is 455 Å². The van der Waals surface area contributed by atoms with Crippen LogP contribution < -0.4 is 15.7 Å². The lowest BCUT2D eigenvalue weighted by Crippen LogP contribution is -2.41. The third-order valence-electron chi connectivity index (χ3n) is 15.5. The lowest BCUT2D eigenvalue weighted by atomic mass is 9.78. The summed E-state index contributed by atoms with van der Waals surface area (Å²) < 4.78 is 69.5. The van der Waals surface area contributed by atoms with Gasteiger partial charge in [0.15, 0.2) is 0 Å². The number of primary sulfonamides is 2. The molecule has 402 valence electrons. The third-order valence-corrected chi connectivity index (χ3v) is 17.8. The van der Waals surface area contributed by atoms with Crippen molar-refractivity contribution in [3.8, 4) is 11.1 Å². The number of hydrogen-bond donors (Lipinski definition) is 2. The number of rotatable bonds is 8. The predicted octanol–water partition coefficient (Wildman–Crippen LogP) is 9.17. The molecule has 2 aromatic carbocycles. The molecular formula is C56H66BBrN6O10S2. The number of sulfonamides is 2. The standard InChI is InChI=1S/C25H33BN2O4.C25H27N3O4S.C6H6BrNO2S/c1-24(2)25(3,4)32-26(31-24)18-15-21-20(9-10-22(21)27-16-18)17-11-13-28(14-12-17)23(29)30-19-7-5-6-8-19;26-33(30,31)21-7-3-4-18(14-21)19-15-23-22(8-9-24(23)27-16-19)17-10-12-28(13-11-17)25(29)32-20-5-1-2-6-20;7-5-2-1-3-6(4-5)11(8,9)10/h9,11,15-16,19H,5-8,10,12-14H2,1-4H3;3-4,7-8,10,14-16,20H,1-2,5-6,9,11-13H2,(H2,26,30,31);1-4H,(H2,8,9,10). The Morgan fingerprint density at radius 2 is 1.12 bits per heavy atom. The summed E-state index contributed by atoms with van der Waals surface area (Å²) in [6.07, 6.45) is 23.9. The Kier molecular flexibility index (Phi) is 16.6. The first-order valence-corrected chi connectivity index (χ1v) is 30.0. The minimum Gasteiger partial charge on any atom is -0.446 e. The van der Waals surface area contributed by atoms with Crippen LogP contribution in [0.2, 0.25) is 0 Å². The molecular weight excluding hydrogens is 1070 g/mol. The number of pyridine rings is 2. The van der Waals surface area contributed by atoms with Crippen molar-refractivity contribution < 1.29 is 45.2 Å². The van der Waals surface area contributed by atoms with E-state index in [0.717, 1.165) is 122 Å². The summed E-state index contributed by atoms with van der Waals surface area (Å²) in [4.78, 5) is 38.1. The van der Waals surface area contributed by atoms with E-state index in [0.29, 0.717) is 30.7 Å². The average molecular weight is 1140 g/mol. The number of halogens is 1. The Balaban J connectivity index is 0.000000155. The molecule has 0 atom stereocenters. The second-order valence-electron chi connectivity index (χ2n) is 21.2. The highest BCUT2D eigenvalue weighted by Crippen LogP contribution is 2.40. The Morgan fingerprint density at radius 1 is 0.645 bits per heavy atom. The first kappa shape index (κ1) is 55.3. The van der Waals surface area contributed by atoms with E-state index in [1.807, 2.05) is 17.2 Å². The molecule has 4 aliphatic carbocycles. The molecule has 3 fully saturated rings. The summed E-state index contributed by atoms with van der Waals surface area (Å²) in [5.74, 6) is 0. The number of carbonyl (C=O) groups is 2. The lowest BCUT2D eigenvalue weighted by molar-refractivity contribution is 0.00578. The summed E-state index contributed by atoms with van der Waals surface area (Å²) in [5, 5.41) is 10.2. The molecule has 0 bridgehead atoms. The summed E-state index contributed by atoms with van der Waals surface area (Å²) in [7, 11) is -7.75. The molecule has 2 saturated carbocycles. The maximum Gasteiger partial charge on any atom is 0.496 e. The fourth-order valence-corrected chi connectivity index (χ4v) is 12.1. The molecule has 4 aromatic rings. The number of nitrogens with two attached hydrogens (primary N) is 2. The van der Waals surface area contributed by atoms with Crippen molar-refractivity contribution in [2.75, 3.05) is 26.2 Å². The number of aromatic nitrogens is 2. The fourth-order valence-electron chi connectivity index (χ4n) is 10.4. The number of nitrogens with zero attached hydrogens (tertiary/aromatic N) is 4. The fraction of sp³-hybridized carbons (Fsp3) is 0.429. The van der Waals surface area contributed by atoms with Gasteiger partial charge in [0.25, 0.3) is 0 Å². The minimum absolute atomic E-state index is 0.0737. The largest absolute Gasteiger partial charge is 0.496 e. The molecule has 7 aliphatic rings. The van der Waals surface area contributed by atoms with Crippen molar-refractivity contribution in [3.63, 3.8) is 0 Å². The monoisotopic (exact) mass is 1140 g/mol. The van der Waals surface area contributed by atoms with Gasteiger partial charge in [0, 0.05) is 78.0 Å². The normalized spacial score (nSPS) is 20.0. The number of amides is 2. The van der Waals surface area contributed by atoms with Crippen LogP contribution in [0.15, 0.2) is 123 Å². The van der Waals surface area contributed by atoms with E-state index in [-0.39, 0.29) is 45.4 Å². The average Bonchev–Trinajstić information content (AvgIpc) is 4.27. The van der Waals surface area contributed by atoms with E-state index in [1.165, 1.54) is 34.9 Å². The van der Waals surface area contributed by atoms with Gasteiger partial charge in [0.2, 0.25) is 20.0 Å². The summed E-state index contributed by atoms with van der Waals surface area (Å²) in [6, 6.07) is 17.1. The summed E-state index contributed by atoms with van der Waals surface area (Å²) >= 11 is 3.13. The van der Waals surface area contributed by atoms with Gasteiger partial charge in [-0.3, -0.25) is 9.97 Å². The minimum atomic E-state index is -3.78. The molecule has 76 heavy (non-hydrogen) atoms. The molecule has 0 unspecified atom stereocenters. The topological polar surface area (TPSA) is 224 Å². The first-order chi connectivity index (χ1) is 36.1. The summed E-state index contributed by atoms with van der Waals surface area (Å²) in [6.45, 7) is 10.7. The van der Waals surface area contributed by atoms with Crippen LogP contribution in [0.5, 0.6) is 0 Å². The lowest BCUT2D eigenvalue weighted by Gasteiger charge is -2.32. The number of allylic oxidation sites excluding steroid dienone is 4. The highest BCUT2D eigenvalue weighted by Gasteiger charge is 2.52. The van der Waals surface area contributed by atoms with Crippen LogP contribution in [-0.4, -0.2) is 105 Å². The van der Waals surface area contributed by atoms with Gasteiger partial charge in [-0.1, -0.05) is 64.5 Å². The smallest absolute Gasteiger partial charge is 0.446 e. The maximum absolute atomic E-state index is 12.5. The molecule has 4 N–H and O–H groups in total. The van der Waals surface area contributed by atoms with Gasteiger partial charge < -0.3 is 28.6 Å². The molecule has 2 amide bonds. The van der Waals surface area contributed by atoms with E-state index in [2.05, 4.69) is 85.0 Å². The number of ether oxygens (including phenoxy) is 2. The van der Waals surface area contributed by atoms with Gasteiger partial charge in [-0.25, -0.2) is 36.7 Å². The van der Waals surface area contributed by atoms with Gasteiger partial charge in [-0.2, -0.15) is 0 Å². The Morgan fingerprint density at radius 3 is 1.58 bits per heavy atom. The van der Waals surface area contributed by atoms with Crippen LogP contribution >= 0.6 is 15.9 Å². The summed E-state index contributed by atoms with van der Waals surface area (Å²) in [5.41, 5.74) is 10.9. The third kappa shape index (κ3) is 12.9. The zero-order chi connectivity index (χ0) is 54.0. The van der Waals surface area contributed by atoms with Gasteiger partial charge in [0.1, 0.15) is 12.2 Å².